The maximum absolute atomic E-state index is 12.3. The molecule has 0 radical (unpaired) electrons. The molecule has 0 fully saturated rings. The van der Waals surface area contributed by atoms with Gasteiger partial charge in [-0.2, -0.15) is 0 Å². The minimum atomic E-state index is -0.161. The lowest BCUT2D eigenvalue weighted by atomic mass is 10.1. The number of hydrogen-bond acceptors (Lipinski definition) is 2. The van der Waals surface area contributed by atoms with Gasteiger partial charge in [0, 0.05) is 18.4 Å². The van der Waals surface area contributed by atoms with Gasteiger partial charge in [-0.05, 0) is 30.3 Å². The molecule has 0 saturated carbocycles. The van der Waals surface area contributed by atoms with Crippen molar-refractivity contribution in [3.05, 3.63) is 59.1 Å². The predicted octanol–water partition coefficient (Wildman–Crippen LogP) is 3.20. The Hall–Kier alpha value is -2.00. The Bertz CT molecular complexity index is 569. The Labute approximate surface area is 111 Å². The van der Waals surface area contributed by atoms with Crippen LogP contribution in [-0.4, -0.2) is 13.0 Å². The van der Waals surface area contributed by atoms with E-state index in [1.54, 1.807) is 30.1 Å². The minimum absolute atomic E-state index is 0.161. The smallest absolute Gasteiger partial charge is 0.259 e. The maximum Gasteiger partial charge on any atom is 0.259 e. The first-order chi connectivity index (χ1) is 8.59. The fraction of sp³-hybridized carbons (Fsp3) is 0.0714. The van der Waals surface area contributed by atoms with Crippen molar-refractivity contribution in [2.24, 2.45) is 0 Å². The molecule has 0 aromatic heterocycles. The van der Waals surface area contributed by atoms with Crippen molar-refractivity contribution in [2.75, 3.05) is 17.7 Å². The summed E-state index contributed by atoms with van der Waals surface area (Å²) in [5.74, 6) is -0.161. The number of carbonyl (C=O) groups is 1. The lowest BCUT2D eigenvalue weighted by Crippen LogP contribution is -2.26. The topological polar surface area (TPSA) is 46.3 Å². The molecule has 0 aliphatic heterocycles. The zero-order valence-electron chi connectivity index (χ0n) is 9.93. The molecule has 2 rings (SSSR count). The van der Waals surface area contributed by atoms with Gasteiger partial charge in [0.15, 0.2) is 0 Å². The van der Waals surface area contributed by atoms with Gasteiger partial charge < -0.3 is 10.6 Å². The van der Waals surface area contributed by atoms with Gasteiger partial charge >= 0.3 is 0 Å². The number of rotatable bonds is 2. The largest absolute Gasteiger partial charge is 0.399 e. The summed E-state index contributed by atoms with van der Waals surface area (Å²) in [5.41, 5.74) is 7.40. The highest BCUT2D eigenvalue weighted by Gasteiger charge is 2.16. The number of nitrogens with two attached hydrogens (primary N) is 1. The molecular formula is C14H13ClN2O. The third-order valence-corrected chi connectivity index (χ3v) is 2.98. The molecule has 0 saturated heterocycles. The lowest BCUT2D eigenvalue weighted by Gasteiger charge is -2.18. The summed E-state index contributed by atoms with van der Waals surface area (Å²) in [6.45, 7) is 0. The minimum Gasteiger partial charge on any atom is -0.399 e. The van der Waals surface area contributed by atoms with Crippen LogP contribution < -0.4 is 10.6 Å². The second-order valence-electron chi connectivity index (χ2n) is 3.94. The highest BCUT2D eigenvalue weighted by molar-refractivity contribution is 6.34. The molecule has 18 heavy (non-hydrogen) atoms. The molecule has 0 aliphatic carbocycles. The molecule has 0 aliphatic rings. The molecule has 0 atom stereocenters. The molecule has 92 valence electrons. The number of amides is 1. The van der Waals surface area contributed by atoms with E-state index in [1.807, 2.05) is 30.3 Å². The monoisotopic (exact) mass is 260 g/mol. The molecule has 0 spiro atoms. The zero-order valence-corrected chi connectivity index (χ0v) is 10.7. The quantitative estimate of drug-likeness (QED) is 0.843. The highest BCUT2D eigenvalue weighted by atomic mass is 35.5. The van der Waals surface area contributed by atoms with Crippen molar-refractivity contribution in [3.63, 3.8) is 0 Å². The number of anilines is 2. The standard InChI is InChI=1S/C14H13ClN2O/c1-17(11-5-3-2-4-6-11)14(18)12-8-7-10(16)9-13(12)15/h2-9H,16H2,1H3. The average Bonchev–Trinajstić information content (AvgIpc) is 2.38. The van der Waals surface area contributed by atoms with Crippen LogP contribution in [0.5, 0.6) is 0 Å². The summed E-state index contributed by atoms with van der Waals surface area (Å²) < 4.78 is 0. The normalized spacial score (nSPS) is 10.1. The van der Waals surface area contributed by atoms with Crippen LogP contribution in [0.2, 0.25) is 5.02 Å². The lowest BCUT2D eigenvalue weighted by molar-refractivity contribution is 0.0993. The molecule has 2 N–H and O–H groups in total. The second-order valence-corrected chi connectivity index (χ2v) is 4.35. The molecule has 0 heterocycles. The highest BCUT2D eigenvalue weighted by Crippen LogP contribution is 2.22. The fourth-order valence-corrected chi connectivity index (χ4v) is 1.92. The van der Waals surface area contributed by atoms with E-state index in [1.165, 1.54) is 0 Å². The van der Waals surface area contributed by atoms with E-state index in [4.69, 9.17) is 17.3 Å². The summed E-state index contributed by atoms with van der Waals surface area (Å²) in [6.07, 6.45) is 0. The first-order valence-electron chi connectivity index (χ1n) is 5.47. The van der Waals surface area contributed by atoms with E-state index in [0.717, 1.165) is 5.69 Å². The van der Waals surface area contributed by atoms with E-state index < -0.39 is 0 Å². The van der Waals surface area contributed by atoms with Crippen LogP contribution in [0, 0.1) is 0 Å². The summed E-state index contributed by atoms with van der Waals surface area (Å²) in [4.78, 5) is 13.8. The summed E-state index contributed by atoms with van der Waals surface area (Å²) in [6, 6.07) is 14.3. The average molecular weight is 261 g/mol. The predicted molar refractivity (Wildman–Crippen MR) is 75.0 cm³/mol. The van der Waals surface area contributed by atoms with Crippen LogP contribution in [-0.2, 0) is 0 Å². The van der Waals surface area contributed by atoms with Gasteiger partial charge in [-0.3, -0.25) is 4.79 Å². The first-order valence-corrected chi connectivity index (χ1v) is 5.85. The number of carbonyl (C=O) groups excluding carboxylic acids is 1. The summed E-state index contributed by atoms with van der Waals surface area (Å²) in [7, 11) is 1.71. The number of para-hydroxylation sites is 1. The van der Waals surface area contributed by atoms with Gasteiger partial charge in [-0.25, -0.2) is 0 Å². The van der Waals surface area contributed by atoms with Crippen LogP contribution in [0.3, 0.4) is 0 Å². The number of halogens is 1. The Morgan fingerprint density at radius 2 is 1.83 bits per heavy atom. The van der Waals surface area contributed by atoms with Crippen molar-refractivity contribution in [2.45, 2.75) is 0 Å². The maximum atomic E-state index is 12.3. The van der Waals surface area contributed by atoms with Crippen LogP contribution in [0.15, 0.2) is 48.5 Å². The number of benzene rings is 2. The van der Waals surface area contributed by atoms with Gasteiger partial charge in [0.25, 0.3) is 5.91 Å². The SMILES string of the molecule is CN(C(=O)c1ccc(N)cc1Cl)c1ccccc1. The third-order valence-electron chi connectivity index (χ3n) is 2.67. The van der Waals surface area contributed by atoms with Crippen LogP contribution in [0.25, 0.3) is 0 Å². The van der Waals surface area contributed by atoms with Crippen molar-refractivity contribution in [3.8, 4) is 0 Å². The third kappa shape index (κ3) is 2.46. The van der Waals surface area contributed by atoms with Crippen molar-refractivity contribution >= 4 is 28.9 Å². The Morgan fingerprint density at radius 3 is 2.44 bits per heavy atom. The molecular weight excluding hydrogens is 248 g/mol. The number of hydrogen-bond donors (Lipinski definition) is 1. The van der Waals surface area contributed by atoms with E-state index >= 15 is 0 Å². The van der Waals surface area contributed by atoms with E-state index in [9.17, 15) is 4.79 Å². The van der Waals surface area contributed by atoms with Gasteiger partial charge in [0.2, 0.25) is 0 Å². The fourth-order valence-electron chi connectivity index (χ4n) is 1.65. The Balaban J connectivity index is 2.32. The van der Waals surface area contributed by atoms with Crippen molar-refractivity contribution in [1.82, 2.24) is 0 Å². The van der Waals surface area contributed by atoms with Crippen molar-refractivity contribution < 1.29 is 4.79 Å². The van der Waals surface area contributed by atoms with Crippen LogP contribution in [0.4, 0.5) is 11.4 Å². The molecule has 3 nitrogen and oxygen atoms in total. The molecule has 2 aromatic rings. The van der Waals surface area contributed by atoms with E-state index in [0.29, 0.717) is 16.3 Å². The summed E-state index contributed by atoms with van der Waals surface area (Å²) >= 11 is 6.03. The van der Waals surface area contributed by atoms with Gasteiger partial charge in [-0.1, -0.05) is 29.8 Å². The van der Waals surface area contributed by atoms with Gasteiger partial charge in [-0.15, -0.1) is 0 Å². The van der Waals surface area contributed by atoms with Gasteiger partial charge in [0.1, 0.15) is 0 Å². The Kier molecular flexibility index (Phi) is 3.53. The number of nitrogen functional groups attached to an aromatic ring is 1. The van der Waals surface area contributed by atoms with Crippen LogP contribution >= 0.6 is 11.6 Å². The first kappa shape index (κ1) is 12.5. The Morgan fingerprint density at radius 1 is 1.17 bits per heavy atom. The van der Waals surface area contributed by atoms with Crippen molar-refractivity contribution in [1.29, 1.82) is 0 Å². The van der Waals surface area contributed by atoms with Gasteiger partial charge in [0.05, 0.1) is 10.6 Å². The number of nitrogens with zero attached hydrogens (tertiary/aromatic N) is 1. The molecule has 1 amide bonds. The van der Waals surface area contributed by atoms with E-state index in [-0.39, 0.29) is 5.91 Å². The second kappa shape index (κ2) is 5.10. The molecule has 4 heteroatoms. The summed E-state index contributed by atoms with van der Waals surface area (Å²) in [5, 5.41) is 0.364. The molecule has 0 bridgehead atoms. The zero-order chi connectivity index (χ0) is 13.1. The van der Waals surface area contributed by atoms with E-state index in [2.05, 4.69) is 0 Å². The molecule has 2 aromatic carbocycles. The van der Waals surface area contributed by atoms with Crippen LogP contribution in [0.1, 0.15) is 10.4 Å². The molecule has 0 unspecified atom stereocenters.